The lowest BCUT2D eigenvalue weighted by Gasteiger charge is -2.13. The third-order valence-corrected chi connectivity index (χ3v) is 4.21. The zero-order valence-corrected chi connectivity index (χ0v) is 14.9. The number of hydrogen-bond donors (Lipinski definition) is 1. The molecule has 0 fully saturated rings. The molecular weight excluding hydrogens is 348 g/mol. The standard InChI is InChI=1S/C20H20N2O5/c1-13(7-5-6-10-16(24)25)26-19-17-15(11-23)18(14-8-3-2-4-9-14)27-20(17)22-12-21-19/h2-4,8-9,11-13H,5-7,10H2,1H3,(H,24,25)/t13-/m1/s1. The number of aldehydes is 1. The highest BCUT2D eigenvalue weighted by atomic mass is 16.5. The molecule has 0 aliphatic heterocycles. The largest absolute Gasteiger partial charge is 0.481 e. The molecule has 0 radical (unpaired) electrons. The van der Waals surface area contributed by atoms with Crippen molar-refractivity contribution in [3.63, 3.8) is 0 Å². The van der Waals surface area contributed by atoms with Gasteiger partial charge in [-0.25, -0.2) is 9.97 Å². The third-order valence-electron chi connectivity index (χ3n) is 4.21. The van der Waals surface area contributed by atoms with Crippen molar-refractivity contribution in [2.45, 2.75) is 38.7 Å². The van der Waals surface area contributed by atoms with Gasteiger partial charge in [-0.2, -0.15) is 0 Å². The van der Waals surface area contributed by atoms with Crippen molar-refractivity contribution in [2.24, 2.45) is 0 Å². The van der Waals surface area contributed by atoms with Crippen molar-refractivity contribution in [3.8, 4) is 17.2 Å². The summed E-state index contributed by atoms with van der Waals surface area (Å²) >= 11 is 0. The number of hydrogen-bond acceptors (Lipinski definition) is 6. The number of rotatable bonds is 9. The molecule has 0 unspecified atom stereocenters. The van der Waals surface area contributed by atoms with E-state index in [-0.39, 0.29) is 12.5 Å². The molecule has 3 aromatic rings. The summed E-state index contributed by atoms with van der Waals surface area (Å²) in [5.74, 6) is -0.0811. The second kappa shape index (κ2) is 8.44. The Morgan fingerprint density at radius 1 is 1.26 bits per heavy atom. The molecule has 27 heavy (non-hydrogen) atoms. The van der Waals surface area contributed by atoms with E-state index in [1.807, 2.05) is 37.3 Å². The normalized spacial score (nSPS) is 12.0. The molecule has 0 aliphatic carbocycles. The summed E-state index contributed by atoms with van der Waals surface area (Å²) in [4.78, 5) is 30.6. The van der Waals surface area contributed by atoms with E-state index >= 15 is 0 Å². The van der Waals surface area contributed by atoms with Crippen LogP contribution in [0.1, 0.15) is 43.0 Å². The maximum Gasteiger partial charge on any atom is 0.303 e. The van der Waals surface area contributed by atoms with Crippen molar-refractivity contribution in [1.82, 2.24) is 9.97 Å². The number of furan rings is 1. The lowest BCUT2D eigenvalue weighted by Crippen LogP contribution is -2.13. The van der Waals surface area contributed by atoms with Crippen molar-refractivity contribution in [1.29, 1.82) is 0 Å². The van der Waals surface area contributed by atoms with Gasteiger partial charge >= 0.3 is 5.97 Å². The van der Waals surface area contributed by atoms with Crippen molar-refractivity contribution < 1.29 is 23.8 Å². The van der Waals surface area contributed by atoms with Crippen LogP contribution >= 0.6 is 0 Å². The minimum absolute atomic E-state index is 0.141. The molecule has 0 bridgehead atoms. The monoisotopic (exact) mass is 368 g/mol. The fourth-order valence-corrected chi connectivity index (χ4v) is 2.89. The molecule has 7 nitrogen and oxygen atoms in total. The fraction of sp³-hybridized carbons (Fsp3) is 0.300. The minimum Gasteiger partial charge on any atom is -0.481 e. The molecule has 0 amide bonds. The molecule has 1 aromatic carbocycles. The first-order valence-corrected chi connectivity index (χ1v) is 8.76. The molecule has 1 atom stereocenters. The first kappa shape index (κ1) is 18.6. The fourth-order valence-electron chi connectivity index (χ4n) is 2.89. The van der Waals surface area contributed by atoms with E-state index < -0.39 is 5.97 Å². The van der Waals surface area contributed by atoms with Crippen molar-refractivity contribution >= 4 is 23.4 Å². The molecule has 0 aliphatic rings. The topological polar surface area (TPSA) is 103 Å². The highest BCUT2D eigenvalue weighted by Crippen LogP contribution is 2.35. The molecule has 3 rings (SSSR count). The molecule has 140 valence electrons. The van der Waals surface area contributed by atoms with E-state index in [1.54, 1.807) is 0 Å². The Morgan fingerprint density at radius 3 is 2.74 bits per heavy atom. The van der Waals surface area contributed by atoms with Crippen LogP contribution in [0.2, 0.25) is 0 Å². The summed E-state index contributed by atoms with van der Waals surface area (Å²) in [7, 11) is 0. The van der Waals surface area contributed by atoms with Crippen LogP contribution in [0.15, 0.2) is 41.1 Å². The second-order valence-corrected chi connectivity index (χ2v) is 6.26. The quantitative estimate of drug-likeness (QED) is 0.448. The van der Waals surface area contributed by atoms with E-state index in [2.05, 4.69) is 9.97 Å². The van der Waals surface area contributed by atoms with Gasteiger partial charge in [-0.05, 0) is 26.2 Å². The number of aromatic nitrogens is 2. The summed E-state index contributed by atoms with van der Waals surface area (Å²) in [6.07, 6.45) is 4.00. The number of benzene rings is 1. The SMILES string of the molecule is C[C@H](CCCCC(=O)O)Oc1ncnc2oc(-c3ccccc3)c(C=O)c12. The van der Waals surface area contributed by atoms with E-state index in [0.717, 1.165) is 18.3 Å². The zero-order chi connectivity index (χ0) is 19.2. The summed E-state index contributed by atoms with van der Waals surface area (Å²) in [6.45, 7) is 1.88. The van der Waals surface area contributed by atoms with Gasteiger partial charge in [0.2, 0.25) is 11.6 Å². The Morgan fingerprint density at radius 2 is 2.04 bits per heavy atom. The molecule has 7 heteroatoms. The minimum atomic E-state index is -0.802. The van der Waals surface area contributed by atoms with Gasteiger partial charge in [0.15, 0.2) is 6.29 Å². The van der Waals surface area contributed by atoms with Crippen LogP contribution in [0.4, 0.5) is 0 Å². The number of carboxylic acids is 1. The Hall–Kier alpha value is -3.22. The van der Waals surface area contributed by atoms with Gasteiger partial charge in [-0.15, -0.1) is 0 Å². The van der Waals surface area contributed by atoms with Crippen LogP contribution in [-0.4, -0.2) is 33.4 Å². The molecule has 0 saturated heterocycles. The maximum absolute atomic E-state index is 11.8. The van der Waals surface area contributed by atoms with E-state index in [4.69, 9.17) is 14.3 Å². The summed E-state index contributed by atoms with van der Waals surface area (Å²) < 4.78 is 11.7. The predicted molar refractivity (Wildman–Crippen MR) is 98.8 cm³/mol. The van der Waals surface area contributed by atoms with Crippen LogP contribution in [0.5, 0.6) is 5.88 Å². The summed E-state index contributed by atoms with van der Waals surface area (Å²) in [5, 5.41) is 9.14. The number of fused-ring (bicyclic) bond motifs is 1. The zero-order valence-electron chi connectivity index (χ0n) is 14.9. The maximum atomic E-state index is 11.8. The number of unbranched alkanes of at least 4 members (excludes halogenated alkanes) is 1. The van der Waals surface area contributed by atoms with E-state index in [0.29, 0.717) is 41.1 Å². The number of carbonyl (C=O) groups excluding carboxylic acids is 1. The van der Waals surface area contributed by atoms with Gasteiger partial charge < -0.3 is 14.3 Å². The van der Waals surface area contributed by atoms with Gasteiger partial charge in [-0.3, -0.25) is 9.59 Å². The highest BCUT2D eigenvalue weighted by Gasteiger charge is 2.22. The predicted octanol–water partition coefficient (Wildman–Crippen LogP) is 4.11. The van der Waals surface area contributed by atoms with Gasteiger partial charge in [0.25, 0.3) is 0 Å². The Kier molecular flexibility index (Phi) is 5.80. The third kappa shape index (κ3) is 4.31. The summed E-state index contributed by atoms with van der Waals surface area (Å²) in [6, 6.07) is 9.30. The molecule has 2 heterocycles. The Labute approximate surface area is 156 Å². The number of aliphatic carboxylic acids is 1. The van der Waals surface area contributed by atoms with E-state index in [9.17, 15) is 9.59 Å². The van der Waals surface area contributed by atoms with Crippen LogP contribution in [0.3, 0.4) is 0 Å². The van der Waals surface area contributed by atoms with E-state index in [1.165, 1.54) is 6.33 Å². The van der Waals surface area contributed by atoms with Gasteiger partial charge in [0.1, 0.15) is 17.5 Å². The first-order valence-electron chi connectivity index (χ1n) is 8.76. The van der Waals surface area contributed by atoms with Gasteiger partial charge in [0.05, 0.1) is 11.7 Å². The van der Waals surface area contributed by atoms with Gasteiger partial charge in [-0.1, -0.05) is 30.3 Å². The van der Waals surface area contributed by atoms with Crippen LogP contribution in [-0.2, 0) is 4.79 Å². The van der Waals surface area contributed by atoms with Crippen LogP contribution < -0.4 is 4.74 Å². The molecule has 0 saturated carbocycles. The summed E-state index contributed by atoms with van der Waals surface area (Å²) in [5.41, 5.74) is 1.41. The number of carboxylic acid groups (broad SMARTS) is 1. The Balaban J connectivity index is 1.85. The lowest BCUT2D eigenvalue weighted by atomic mass is 10.1. The highest BCUT2D eigenvalue weighted by molar-refractivity contribution is 6.03. The Bertz CT molecular complexity index is 936. The number of nitrogens with zero attached hydrogens (tertiary/aromatic N) is 2. The lowest BCUT2D eigenvalue weighted by molar-refractivity contribution is -0.137. The van der Waals surface area contributed by atoms with Crippen LogP contribution in [0, 0.1) is 0 Å². The molecule has 1 N–H and O–H groups in total. The number of ether oxygens (including phenoxy) is 1. The van der Waals surface area contributed by atoms with Gasteiger partial charge in [0, 0.05) is 12.0 Å². The molecule has 2 aromatic heterocycles. The van der Waals surface area contributed by atoms with Crippen molar-refractivity contribution in [3.05, 3.63) is 42.2 Å². The average Bonchev–Trinajstić information content (AvgIpc) is 3.05. The average molecular weight is 368 g/mol. The molecule has 0 spiro atoms. The number of carbonyl (C=O) groups is 2. The van der Waals surface area contributed by atoms with Crippen molar-refractivity contribution in [2.75, 3.05) is 0 Å². The smallest absolute Gasteiger partial charge is 0.303 e. The first-order chi connectivity index (χ1) is 13.1. The molecular formula is C20H20N2O5. The van der Waals surface area contributed by atoms with Crippen LogP contribution in [0.25, 0.3) is 22.4 Å². The second-order valence-electron chi connectivity index (χ2n) is 6.26.